The molecule has 0 aliphatic heterocycles. The van der Waals surface area contributed by atoms with Crippen LogP contribution in [0, 0.1) is 31.1 Å². The highest BCUT2D eigenvalue weighted by Gasteiger charge is 2.30. The van der Waals surface area contributed by atoms with Gasteiger partial charge < -0.3 is 0 Å². The van der Waals surface area contributed by atoms with E-state index in [1.54, 1.807) is 0 Å². The molecule has 0 aliphatic rings. The molecule has 2 aromatic carbocycles. The zero-order chi connectivity index (χ0) is 20.7. The van der Waals surface area contributed by atoms with Crippen molar-refractivity contribution in [1.82, 2.24) is 0 Å². The van der Waals surface area contributed by atoms with Crippen LogP contribution in [0.2, 0.25) is 0 Å². The van der Waals surface area contributed by atoms with E-state index in [9.17, 15) is 0 Å². The maximum atomic E-state index is 3.19. The summed E-state index contributed by atoms with van der Waals surface area (Å²) >= 11 is 0. The molecule has 0 amide bonds. The number of aryl methyl sites for hydroxylation is 2. The second-order valence-electron chi connectivity index (χ2n) is 9.06. The van der Waals surface area contributed by atoms with E-state index in [0.717, 1.165) is 18.4 Å². The Morgan fingerprint density at radius 3 is 1.81 bits per heavy atom. The Hall–Kier alpha value is -2.00. The summed E-state index contributed by atoms with van der Waals surface area (Å²) in [4.78, 5) is 0. The quantitative estimate of drug-likeness (QED) is 0.486. The molecule has 0 heteroatoms. The molecular formula is C27H38. The molecule has 27 heavy (non-hydrogen) atoms. The zero-order valence-electron chi connectivity index (χ0n) is 19.0. The number of benzene rings is 2. The molecule has 2 aromatic rings. The van der Waals surface area contributed by atoms with Crippen LogP contribution in [0.3, 0.4) is 0 Å². The first-order valence-electron chi connectivity index (χ1n) is 10.2. The average Bonchev–Trinajstić information content (AvgIpc) is 2.58. The summed E-state index contributed by atoms with van der Waals surface area (Å²) in [7, 11) is 0. The van der Waals surface area contributed by atoms with Gasteiger partial charge in [-0.1, -0.05) is 89.4 Å². The molecule has 0 nitrogen and oxygen atoms in total. The first-order valence-corrected chi connectivity index (χ1v) is 10.2. The molecular weight excluding hydrogens is 324 g/mol. The maximum Gasteiger partial charge on any atom is 0.0274 e. The molecule has 0 atom stereocenters. The zero-order valence-corrected chi connectivity index (χ0v) is 19.0. The van der Waals surface area contributed by atoms with Gasteiger partial charge in [0.1, 0.15) is 0 Å². The fourth-order valence-corrected chi connectivity index (χ4v) is 3.41. The second-order valence-corrected chi connectivity index (χ2v) is 9.06. The number of rotatable bonds is 4. The van der Waals surface area contributed by atoms with E-state index in [1.807, 2.05) is 6.92 Å². The van der Waals surface area contributed by atoms with Gasteiger partial charge in [-0.3, -0.25) is 0 Å². The van der Waals surface area contributed by atoms with Gasteiger partial charge in [0.05, 0.1) is 0 Å². The van der Waals surface area contributed by atoms with Gasteiger partial charge in [0.25, 0.3) is 0 Å². The SMILES string of the molecule is CC#Cc1ccc(C(CC)(CC)c2cccc(C)c2)cc1C.CC(C)(C)C. The minimum Gasteiger partial charge on any atom is -0.101 e. The normalized spacial score (nSPS) is 11.1. The molecule has 0 spiro atoms. The molecule has 0 aromatic heterocycles. The largest absolute Gasteiger partial charge is 0.101 e. The van der Waals surface area contributed by atoms with Crippen molar-refractivity contribution >= 4 is 0 Å². The Morgan fingerprint density at radius 2 is 1.37 bits per heavy atom. The fourth-order valence-electron chi connectivity index (χ4n) is 3.41. The molecule has 0 saturated heterocycles. The van der Waals surface area contributed by atoms with Gasteiger partial charge >= 0.3 is 0 Å². The van der Waals surface area contributed by atoms with Crippen LogP contribution < -0.4 is 0 Å². The third kappa shape index (κ3) is 6.59. The minimum atomic E-state index is 0.0922. The van der Waals surface area contributed by atoms with Gasteiger partial charge in [0.15, 0.2) is 0 Å². The molecule has 0 unspecified atom stereocenters. The molecule has 0 saturated carbocycles. The Bertz CT molecular complexity index is 781. The third-order valence-electron chi connectivity index (χ3n) is 4.82. The predicted molar refractivity (Wildman–Crippen MR) is 121 cm³/mol. The van der Waals surface area contributed by atoms with Gasteiger partial charge in [-0.15, -0.1) is 5.92 Å². The van der Waals surface area contributed by atoms with E-state index >= 15 is 0 Å². The molecule has 0 N–H and O–H groups in total. The monoisotopic (exact) mass is 362 g/mol. The molecule has 2 rings (SSSR count). The lowest BCUT2D eigenvalue weighted by Gasteiger charge is -2.34. The number of hydrogen-bond donors (Lipinski definition) is 0. The third-order valence-corrected chi connectivity index (χ3v) is 4.82. The van der Waals surface area contributed by atoms with E-state index in [0.29, 0.717) is 5.41 Å². The van der Waals surface area contributed by atoms with Crippen LogP contribution in [-0.4, -0.2) is 0 Å². The summed E-state index contributed by atoms with van der Waals surface area (Å²) < 4.78 is 0. The van der Waals surface area contributed by atoms with Gasteiger partial charge in [0.2, 0.25) is 0 Å². The van der Waals surface area contributed by atoms with Crippen LogP contribution in [0.4, 0.5) is 0 Å². The lowest BCUT2D eigenvalue weighted by molar-refractivity contribution is 0.469. The van der Waals surface area contributed by atoms with Crippen molar-refractivity contribution in [3.8, 4) is 11.8 Å². The van der Waals surface area contributed by atoms with Gasteiger partial charge in [0, 0.05) is 11.0 Å². The average molecular weight is 363 g/mol. The lowest BCUT2D eigenvalue weighted by atomic mass is 9.70. The second kappa shape index (κ2) is 9.80. The van der Waals surface area contributed by atoms with Crippen molar-refractivity contribution < 1.29 is 0 Å². The molecule has 146 valence electrons. The maximum absolute atomic E-state index is 3.19. The highest BCUT2D eigenvalue weighted by atomic mass is 14.3. The summed E-state index contributed by atoms with van der Waals surface area (Å²) in [5.74, 6) is 6.19. The Labute approximate surface area is 168 Å². The summed E-state index contributed by atoms with van der Waals surface area (Å²) in [5, 5.41) is 0. The van der Waals surface area contributed by atoms with E-state index in [1.165, 1.54) is 22.3 Å². The summed E-state index contributed by atoms with van der Waals surface area (Å²) in [6.07, 6.45) is 2.20. The Morgan fingerprint density at radius 1 is 0.815 bits per heavy atom. The molecule has 0 aliphatic carbocycles. The molecule has 0 fully saturated rings. The summed E-state index contributed by atoms with van der Waals surface area (Å²) in [6, 6.07) is 15.7. The lowest BCUT2D eigenvalue weighted by Crippen LogP contribution is -2.26. The standard InChI is InChI=1S/C22H26.C5H12/c1-6-10-19-13-14-21(16-18(19)5)22(7-2,8-3)20-12-9-11-17(4)15-20;1-5(2,3)4/h9,11-16H,7-8H2,1-5H3;1-4H3. The first kappa shape index (κ1) is 23.0. The summed E-state index contributed by atoms with van der Waals surface area (Å²) in [5.41, 5.74) is 7.15. The molecule has 0 radical (unpaired) electrons. The van der Waals surface area contributed by atoms with Gasteiger partial charge in [-0.05, 0) is 61.8 Å². The smallest absolute Gasteiger partial charge is 0.0274 e. The van der Waals surface area contributed by atoms with Crippen LogP contribution in [-0.2, 0) is 5.41 Å². The topological polar surface area (TPSA) is 0 Å². The van der Waals surface area contributed by atoms with Crippen molar-refractivity contribution in [1.29, 1.82) is 0 Å². The molecule has 0 heterocycles. The van der Waals surface area contributed by atoms with Crippen LogP contribution >= 0.6 is 0 Å². The molecule has 0 bridgehead atoms. The van der Waals surface area contributed by atoms with Crippen LogP contribution in [0.5, 0.6) is 0 Å². The van der Waals surface area contributed by atoms with Crippen molar-refractivity contribution in [3.05, 3.63) is 70.3 Å². The van der Waals surface area contributed by atoms with Crippen molar-refractivity contribution in [2.45, 2.75) is 80.6 Å². The Balaban J connectivity index is 0.000000646. The van der Waals surface area contributed by atoms with Crippen LogP contribution in [0.1, 0.15) is 89.1 Å². The highest BCUT2D eigenvalue weighted by Crippen LogP contribution is 2.39. The predicted octanol–water partition coefficient (Wildman–Crippen LogP) is 7.83. The van der Waals surface area contributed by atoms with Gasteiger partial charge in [-0.25, -0.2) is 0 Å². The Kier molecular flexibility index (Phi) is 8.36. The highest BCUT2D eigenvalue weighted by molar-refractivity contribution is 5.48. The van der Waals surface area contributed by atoms with Crippen molar-refractivity contribution in [2.75, 3.05) is 0 Å². The van der Waals surface area contributed by atoms with Gasteiger partial charge in [-0.2, -0.15) is 0 Å². The fraction of sp³-hybridized carbons (Fsp3) is 0.481. The van der Waals surface area contributed by atoms with E-state index in [-0.39, 0.29) is 5.41 Å². The van der Waals surface area contributed by atoms with Crippen LogP contribution in [0.25, 0.3) is 0 Å². The van der Waals surface area contributed by atoms with E-state index < -0.39 is 0 Å². The minimum absolute atomic E-state index is 0.0922. The summed E-state index contributed by atoms with van der Waals surface area (Å²) in [6.45, 7) is 19.6. The van der Waals surface area contributed by atoms with Crippen molar-refractivity contribution in [3.63, 3.8) is 0 Å². The van der Waals surface area contributed by atoms with E-state index in [4.69, 9.17) is 0 Å². The van der Waals surface area contributed by atoms with Crippen molar-refractivity contribution in [2.24, 2.45) is 5.41 Å². The van der Waals surface area contributed by atoms with Crippen LogP contribution in [0.15, 0.2) is 42.5 Å². The van der Waals surface area contributed by atoms with E-state index in [2.05, 4.69) is 110 Å². The first-order chi connectivity index (χ1) is 12.6. The number of hydrogen-bond acceptors (Lipinski definition) is 0.